The molecule has 0 amide bonds. The van der Waals surface area contributed by atoms with Crippen LogP contribution in [0.3, 0.4) is 0 Å². The van der Waals surface area contributed by atoms with Gasteiger partial charge in [-0.15, -0.1) is 0 Å². The molecule has 4 heteroatoms. The number of nitrogens with zero attached hydrogens (tertiary/aromatic N) is 3. The summed E-state index contributed by atoms with van der Waals surface area (Å²) in [7, 11) is 0. The molecule has 1 aliphatic carbocycles. The summed E-state index contributed by atoms with van der Waals surface area (Å²) in [6.45, 7) is 4.30. The average molecular weight is 760 g/mol. The highest BCUT2D eigenvalue weighted by Gasteiger charge is 2.51. The third-order valence-corrected chi connectivity index (χ3v) is 13.1. The largest absolute Gasteiger partial charge is 0.261 e. The van der Waals surface area contributed by atoms with Gasteiger partial charge in [0, 0.05) is 43.9 Å². The maximum absolute atomic E-state index is 5.36. The molecule has 0 saturated heterocycles. The second kappa shape index (κ2) is 13.7. The molecule has 9 aromatic rings. The van der Waals surface area contributed by atoms with E-state index in [0.717, 1.165) is 33.8 Å². The zero-order valence-corrected chi connectivity index (χ0v) is 33.0. The number of benzene rings is 7. The highest BCUT2D eigenvalue weighted by atomic mass is 32.2. The molecule has 58 heavy (non-hydrogen) atoms. The smallest absolute Gasteiger partial charge is 0.160 e. The first-order chi connectivity index (χ1) is 28.6. The van der Waals surface area contributed by atoms with Crippen molar-refractivity contribution in [3.05, 3.63) is 222 Å². The fourth-order valence-corrected chi connectivity index (χ4v) is 10.6. The average Bonchev–Trinajstić information content (AvgIpc) is 3.58. The summed E-state index contributed by atoms with van der Waals surface area (Å²) in [4.78, 5) is 17.8. The molecule has 1 aliphatic heterocycles. The van der Waals surface area contributed by atoms with Gasteiger partial charge < -0.3 is 0 Å². The Morgan fingerprint density at radius 1 is 0.414 bits per heavy atom. The maximum Gasteiger partial charge on any atom is 0.160 e. The minimum absolute atomic E-state index is 0.568. The maximum atomic E-state index is 5.36. The van der Waals surface area contributed by atoms with Crippen molar-refractivity contribution in [1.82, 2.24) is 15.0 Å². The van der Waals surface area contributed by atoms with E-state index in [2.05, 4.69) is 184 Å². The van der Waals surface area contributed by atoms with E-state index < -0.39 is 5.41 Å². The Morgan fingerprint density at radius 3 is 1.83 bits per heavy atom. The molecule has 0 saturated carbocycles. The number of hydrogen-bond donors (Lipinski definition) is 0. The Balaban J connectivity index is 1.19. The van der Waals surface area contributed by atoms with Gasteiger partial charge >= 0.3 is 0 Å². The standard InChI is InChI=1S/C54H37N3S/c1-34-30-31-55-35(2)51(34)40-21-10-9-20-39(40)38-28-29-50-46(32-38)54(44-25-13-14-27-49(44)58-50)43-24-12-11-22-41(43)52-42(23-15-26-45(52)54)48-33-47(36-16-5-3-6-17-36)56-53(57-48)37-18-7-4-8-19-37/h3-33H,1-2H3. The van der Waals surface area contributed by atoms with E-state index in [9.17, 15) is 0 Å². The number of aryl methyl sites for hydroxylation is 2. The van der Waals surface area contributed by atoms with Gasteiger partial charge in [0.25, 0.3) is 0 Å². The highest BCUT2D eigenvalue weighted by Crippen LogP contribution is 2.63. The van der Waals surface area contributed by atoms with E-state index in [0.29, 0.717) is 5.82 Å². The number of fused-ring (bicyclic) bond motifs is 9. The first-order valence-electron chi connectivity index (χ1n) is 19.8. The third kappa shape index (κ3) is 5.25. The summed E-state index contributed by atoms with van der Waals surface area (Å²) in [6, 6.07) is 65.8. The van der Waals surface area contributed by atoms with Gasteiger partial charge in [-0.1, -0.05) is 163 Å². The van der Waals surface area contributed by atoms with Gasteiger partial charge in [-0.2, -0.15) is 0 Å². The van der Waals surface area contributed by atoms with Crippen molar-refractivity contribution < 1.29 is 0 Å². The molecule has 0 bridgehead atoms. The van der Waals surface area contributed by atoms with E-state index >= 15 is 0 Å². The van der Waals surface area contributed by atoms with Crippen LogP contribution >= 0.6 is 11.8 Å². The minimum atomic E-state index is -0.568. The van der Waals surface area contributed by atoms with Crippen molar-refractivity contribution in [2.24, 2.45) is 0 Å². The molecule has 0 N–H and O–H groups in total. The fraction of sp³-hybridized carbons (Fsp3) is 0.0556. The molecule has 11 rings (SSSR count). The lowest BCUT2D eigenvalue weighted by molar-refractivity contribution is 0.723. The Bertz CT molecular complexity index is 2990. The normalized spacial score (nSPS) is 14.7. The molecule has 0 fully saturated rings. The Labute approximate surface area is 343 Å². The number of rotatable bonds is 5. The van der Waals surface area contributed by atoms with Crippen molar-refractivity contribution in [3.63, 3.8) is 0 Å². The molecule has 1 atom stereocenters. The van der Waals surface area contributed by atoms with E-state index in [4.69, 9.17) is 15.0 Å². The molecule has 3 nitrogen and oxygen atoms in total. The van der Waals surface area contributed by atoms with Crippen molar-refractivity contribution in [2.75, 3.05) is 0 Å². The highest BCUT2D eigenvalue weighted by molar-refractivity contribution is 7.99. The topological polar surface area (TPSA) is 38.7 Å². The molecule has 274 valence electrons. The summed E-state index contributed by atoms with van der Waals surface area (Å²) in [5, 5.41) is 0. The predicted octanol–water partition coefficient (Wildman–Crippen LogP) is 13.7. The summed E-state index contributed by atoms with van der Waals surface area (Å²) in [5.41, 5.74) is 19.0. The lowest BCUT2D eigenvalue weighted by atomic mass is 9.67. The fourth-order valence-electron chi connectivity index (χ4n) is 9.44. The molecule has 3 heterocycles. The van der Waals surface area contributed by atoms with E-state index in [-0.39, 0.29) is 0 Å². The van der Waals surface area contributed by atoms with Crippen LogP contribution in [0.15, 0.2) is 198 Å². The van der Waals surface area contributed by atoms with Crippen LogP contribution in [0, 0.1) is 13.8 Å². The van der Waals surface area contributed by atoms with Gasteiger partial charge in [-0.3, -0.25) is 4.98 Å². The van der Waals surface area contributed by atoms with Crippen LogP contribution in [0.25, 0.3) is 67.3 Å². The zero-order chi connectivity index (χ0) is 38.8. The van der Waals surface area contributed by atoms with Crippen LogP contribution in [-0.4, -0.2) is 15.0 Å². The summed E-state index contributed by atoms with van der Waals surface area (Å²) >= 11 is 1.87. The van der Waals surface area contributed by atoms with Gasteiger partial charge in [-0.05, 0) is 99.8 Å². The van der Waals surface area contributed by atoms with Crippen LogP contribution in [0.4, 0.5) is 0 Å². The van der Waals surface area contributed by atoms with Crippen molar-refractivity contribution >= 4 is 11.8 Å². The lowest BCUT2D eigenvalue weighted by Crippen LogP contribution is -2.32. The monoisotopic (exact) mass is 759 g/mol. The van der Waals surface area contributed by atoms with Crippen LogP contribution in [-0.2, 0) is 5.41 Å². The molecular weight excluding hydrogens is 723 g/mol. The molecule has 2 aromatic heterocycles. The van der Waals surface area contributed by atoms with Gasteiger partial charge in [0.1, 0.15) is 0 Å². The number of aromatic nitrogens is 3. The minimum Gasteiger partial charge on any atom is -0.261 e. The van der Waals surface area contributed by atoms with Crippen molar-refractivity contribution in [1.29, 1.82) is 0 Å². The van der Waals surface area contributed by atoms with Gasteiger partial charge in [0.05, 0.1) is 16.8 Å². The van der Waals surface area contributed by atoms with Crippen molar-refractivity contribution in [2.45, 2.75) is 29.1 Å². The second-order valence-electron chi connectivity index (χ2n) is 15.2. The predicted molar refractivity (Wildman–Crippen MR) is 238 cm³/mol. The summed E-state index contributed by atoms with van der Waals surface area (Å²) in [5.74, 6) is 0.711. The molecule has 7 aromatic carbocycles. The number of pyridine rings is 1. The van der Waals surface area contributed by atoms with E-state index in [1.165, 1.54) is 71.0 Å². The summed E-state index contributed by atoms with van der Waals surface area (Å²) < 4.78 is 0. The van der Waals surface area contributed by atoms with E-state index in [1.807, 2.05) is 30.1 Å². The van der Waals surface area contributed by atoms with Crippen LogP contribution in [0.1, 0.15) is 33.5 Å². The Hall–Kier alpha value is -6.88. The quantitative estimate of drug-likeness (QED) is 0.175. The molecule has 2 aliphatic rings. The third-order valence-electron chi connectivity index (χ3n) is 11.9. The Kier molecular flexibility index (Phi) is 8.09. The summed E-state index contributed by atoms with van der Waals surface area (Å²) in [6.07, 6.45) is 1.91. The zero-order valence-electron chi connectivity index (χ0n) is 32.1. The van der Waals surface area contributed by atoms with Gasteiger partial charge in [0.15, 0.2) is 5.82 Å². The number of hydrogen-bond acceptors (Lipinski definition) is 4. The first-order valence-corrected chi connectivity index (χ1v) is 20.6. The van der Waals surface area contributed by atoms with Crippen LogP contribution < -0.4 is 0 Å². The molecule has 0 radical (unpaired) electrons. The van der Waals surface area contributed by atoms with Crippen LogP contribution in [0.5, 0.6) is 0 Å². The first kappa shape index (κ1) is 34.4. The Morgan fingerprint density at radius 2 is 1.03 bits per heavy atom. The van der Waals surface area contributed by atoms with E-state index in [1.54, 1.807) is 0 Å². The second-order valence-corrected chi connectivity index (χ2v) is 16.2. The SMILES string of the molecule is Cc1ccnc(C)c1-c1ccccc1-c1ccc2c(c1)C1(c3ccccc3S2)c2ccccc2-c2c(-c3cc(-c4ccccc4)nc(-c4ccccc4)n3)cccc21. The van der Waals surface area contributed by atoms with Crippen molar-refractivity contribution in [3.8, 4) is 67.3 Å². The molecular formula is C54H37N3S. The van der Waals surface area contributed by atoms with Crippen LogP contribution in [0.2, 0.25) is 0 Å². The lowest BCUT2D eigenvalue weighted by Gasteiger charge is -2.40. The molecule has 1 unspecified atom stereocenters. The molecule has 1 spiro atoms. The van der Waals surface area contributed by atoms with Gasteiger partial charge in [-0.25, -0.2) is 9.97 Å². The van der Waals surface area contributed by atoms with Gasteiger partial charge in [0.2, 0.25) is 0 Å².